The molecule has 1 aliphatic heterocycles. The van der Waals surface area contributed by atoms with Gasteiger partial charge in [-0.1, -0.05) is 30.3 Å². The molecule has 0 aromatic heterocycles. The van der Waals surface area contributed by atoms with Gasteiger partial charge < -0.3 is 19.7 Å². The van der Waals surface area contributed by atoms with Crippen molar-refractivity contribution in [2.45, 2.75) is 13.8 Å². The Balaban J connectivity index is 1.53. The molecule has 0 aliphatic carbocycles. The molecule has 1 fully saturated rings. The van der Waals surface area contributed by atoms with Crippen LogP contribution in [0.2, 0.25) is 0 Å². The lowest BCUT2D eigenvalue weighted by Crippen LogP contribution is -2.50. The first kappa shape index (κ1) is 22.8. The number of hydrogen-bond acceptors (Lipinski definition) is 5. The fourth-order valence-electron chi connectivity index (χ4n) is 3.68. The predicted octanol–water partition coefficient (Wildman–Crippen LogP) is 2.73. The topological polar surface area (TPSA) is 71.1 Å². The molecule has 31 heavy (non-hydrogen) atoms. The maximum absolute atomic E-state index is 13.0. The molecule has 1 aliphatic rings. The van der Waals surface area contributed by atoms with E-state index in [1.807, 2.05) is 49.1 Å². The van der Waals surface area contributed by atoms with E-state index in [4.69, 9.17) is 9.47 Å². The van der Waals surface area contributed by atoms with E-state index in [2.05, 4.69) is 10.2 Å². The summed E-state index contributed by atoms with van der Waals surface area (Å²) in [5, 5.41) is 3.03. The monoisotopic (exact) mass is 425 g/mol. The van der Waals surface area contributed by atoms with Gasteiger partial charge in [0.2, 0.25) is 5.91 Å². The lowest BCUT2D eigenvalue weighted by atomic mass is 10.1. The minimum Gasteiger partial charge on any atom is -0.490 e. The Morgan fingerprint density at radius 1 is 0.935 bits per heavy atom. The maximum atomic E-state index is 13.0. The van der Waals surface area contributed by atoms with E-state index in [1.165, 1.54) is 0 Å². The first-order valence-electron chi connectivity index (χ1n) is 10.6. The van der Waals surface area contributed by atoms with Gasteiger partial charge in [-0.2, -0.15) is 0 Å². The number of methoxy groups -OCH3 is 1. The van der Waals surface area contributed by atoms with Crippen molar-refractivity contribution >= 4 is 17.5 Å². The van der Waals surface area contributed by atoms with Crippen molar-refractivity contribution in [3.05, 3.63) is 59.2 Å². The highest BCUT2D eigenvalue weighted by atomic mass is 16.5. The summed E-state index contributed by atoms with van der Waals surface area (Å²) in [6.07, 6.45) is 0. The highest BCUT2D eigenvalue weighted by Gasteiger charge is 2.25. The van der Waals surface area contributed by atoms with Crippen molar-refractivity contribution in [1.29, 1.82) is 0 Å². The summed E-state index contributed by atoms with van der Waals surface area (Å²) in [4.78, 5) is 29.4. The lowest BCUT2D eigenvalue weighted by molar-refractivity contribution is -0.117. The van der Waals surface area contributed by atoms with Crippen molar-refractivity contribution in [2.24, 2.45) is 0 Å². The maximum Gasteiger partial charge on any atom is 0.257 e. The summed E-state index contributed by atoms with van der Waals surface area (Å²) >= 11 is 0. The van der Waals surface area contributed by atoms with Gasteiger partial charge in [-0.25, -0.2) is 0 Å². The van der Waals surface area contributed by atoms with Gasteiger partial charge in [0.1, 0.15) is 12.4 Å². The molecule has 0 spiro atoms. The molecule has 0 saturated carbocycles. The zero-order chi connectivity index (χ0) is 22.2. The molecule has 2 amide bonds. The lowest BCUT2D eigenvalue weighted by Gasteiger charge is -2.34. The summed E-state index contributed by atoms with van der Waals surface area (Å²) in [7, 11) is 1.61. The van der Waals surface area contributed by atoms with Crippen LogP contribution in [-0.4, -0.2) is 74.7 Å². The smallest absolute Gasteiger partial charge is 0.257 e. The molecule has 1 saturated heterocycles. The molecule has 7 heteroatoms. The van der Waals surface area contributed by atoms with Crippen LogP contribution in [0.1, 0.15) is 21.5 Å². The predicted molar refractivity (Wildman–Crippen MR) is 121 cm³/mol. The largest absolute Gasteiger partial charge is 0.490 e. The molecule has 2 aromatic rings. The number of ether oxygens (including phenoxy) is 2. The number of amides is 2. The Morgan fingerprint density at radius 3 is 2.29 bits per heavy atom. The van der Waals surface area contributed by atoms with Crippen LogP contribution < -0.4 is 10.1 Å². The summed E-state index contributed by atoms with van der Waals surface area (Å²) < 4.78 is 10.7. The minimum atomic E-state index is -0.0485. The molecular weight excluding hydrogens is 394 g/mol. The van der Waals surface area contributed by atoms with Crippen LogP contribution in [0.3, 0.4) is 0 Å². The van der Waals surface area contributed by atoms with E-state index < -0.39 is 0 Å². The molecule has 0 bridgehead atoms. The van der Waals surface area contributed by atoms with Crippen LogP contribution in [0.15, 0.2) is 42.5 Å². The van der Waals surface area contributed by atoms with Gasteiger partial charge in [0.05, 0.1) is 18.7 Å². The molecular formula is C24H31N3O4. The second-order valence-electron chi connectivity index (χ2n) is 7.72. The third-order valence-electron chi connectivity index (χ3n) is 5.43. The Kier molecular flexibility index (Phi) is 8.03. The SMILES string of the molecule is COCCOc1ccccc1C(=O)N1CCN(CC(=O)Nc2c(C)cccc2C)CC1. The Bertz CT molecular complexity index is 887. The van der Waals surface area contributed by atoms with E-state index in [0.29, 0.717) is 57.3 Å². The van der Waals surface area contributed by atoms with E-state index in [0.717, 1.165) is 16.8 Å². The molecule has 166 valence electrons. The molecule has 2 aromatic carbocycles. The van der Waals surface area contributed by atoms with Gasteiger partial charge in [-0.3, -0.25) is 14.5 Å². The number of aryl methyl sites for hydroxylation is 2. The van der Waals surface area contributed by atoms with Crippen molar-refractivity contribution in [2.75, 3.05) is 58.4 Å². The van der Waals surface area contributed by atoms with Crippen LogP contribution in [0.5, 0.6) is 5.75 Å². The Morgan fingerprint density at radius 2 is 1.61 bits per heavy atom. The average Bonchev–Trinajstić information content (AvgIpc) is 2.77. The number of piperazine rings is 1. The summed E-state index contributed by atoms with van der Waals surface area (Å²) in [5.41, 5.74) is 3.54. The average molecular weight is 426 g/mol. The van der Waals surface area contributed by atoms with Gasteiger partial charge in [0.15, 0.2) is 0 Å². The number of carbonyl (C=O) groups excluding carboxylic acids is 2. The number of carbonyl (C=O) groups is 2. The third-order valence-corrected chi connectivity index (χ3v) is 5.43. The second-order valence-corrected chi connectivity index (χ2v) is 7.72. The number of rotatable bonds is 8. The summed E-state index contributed by atoms with van der Waals surface area (Å²) in [6, 6.07) is 13.2. The number of benzene rings is 2. The Hall–Kier alpha value is -2.90. The normalized spacial score (nSPS) is 14.4. The van der Waals surface area contributed by atoms with Crippen LogP contribution >= 0.6 is 0 Å². The third kappa shape index (κ3) is 6.06. The highest BCUT2D eigenvalue weighted by molar-refractivity contribution is 5.97. The van der Waals surface area contributed by atoms with Crippen LogP contribution in [0.4, 0.5) is 5.69 Å². The molecule has 1 heterocycles. The summed E-state index contributed by atoms with van der Waals surface area (Å²) in [5.74, 6) is 0.488. The van der Waals surface area contributed by atoms with Crippen molar-refractivity contribution < 1.29 is 19.1 Å². The minimum absolute atomic E-state index is 0.0333. The van der Waals surface area contributed by atoms with Crippen molar-refractivity contribution in [3.63, 3.8) is 0 Å². The van der Waals surface area contributed by atoms with E-state index in [1.54, 1.807) is 19.2 Å². The van der Waals surface area contributed by atoms with Crippen molar-refractivity contribution in [3.8, 4) is 5.75 Å². The fraction of sp³-hybridized carbons (Fsp3) is 0.417. The first-order chi connectivity index (χ1) is 15.0. The number of hydrogen-bond donors (Lipinski definition) is 1. The van der Waals surface area contributed by atoms with Crippen LogP contribution in [-0.2, 0) is 9.53 Å². The Labute approximate surface area is 183 Å². The second kappa shape index (κ2) is 10.9. The van der Waals surface area contributed by atoms with Gasteiger partial charge in [-0.15, -0.1) is 0 Å². The molecule has 1 N–H and O–H groups in total. The summed E-state index contributed by atoms with van der Waals surface area (Å²) in [6.45, 7) is 7.59. The molecule has 0 atom stereocenters. The number of anilines is 1. The standard InChI is InChI=1S/C24H31N3O4/c1-18-7-6-8-19(2)23(18)25-22(28)17-26-11-13-27(14-12-26)24(29)20-9-4-5-10-21(20)31-16-15-30-3/h4-10H,11-17H2,1-3H3,(H,25,28). The molecule has 0 unspecified atom stereocenters. The fourth-order valence-corrected chi connectivity index (χ4v) is 3.68. The zero-order valence-electron chi connectivity index (χ0n) is 18.5. The van der Waals surface area contributed by atoms with E-state index >= 15 is 0 Å². The van der Waals surface area contributed by atoms with Crippen LogP contribution in [0, 0.1) is 13.8 Å². The highest BCUT2D eigenvalue weighted by Crippen LogP contribution is 2.21. The number of nitrogens with one attached hydrogen (secondary N) is 1. The van der Waals surface area contributed by atoms with E-state index in [9.17, 15) is 9.59 Å². The van der Waals surface area contributed by atoms with Crippen molar-refractivity contribution in [1.82, 2.24) is 9.80 Å². The van der Waals surface area contributed by atoms with Gasteiger partial charge in [0, 0.05) is 39.0 Å². The van der Waals surface area contributed by atoms with Gasteiger partial charge in [0.25, 0.3) is 5.91 Å². The number of nitrogens with zero attached hydrogens (tertiary/aromatic N) is 2. The van der Waals surface area contributed by atoms with Gasteiger partial charge in [-0.05, 0) is 37.1 Å². The number of para-hydroxylation sites is 2. The zero-order valence-corrected chi connectivity index (χ0v) is 18.5. The van der Waals surface area contributed by atoms with Crippen LogP contribution in [0.25, 0.3) is 0 Å². The molecule has 7 nitrogen and oxygen atoms in total. The molecule has 3 rings (SSSR count). The first-order valence-corrected chi connectivity index (χ1v) is 10.6. The van der Waals surface area contributed by atoms with E-state index in [-0.39, 0.29) is 11.8 Å². The van der Waals surface area contributed by atoms with Gasteiger partial charge >= 0.3 is 0 Å². The quantitative estimate of drug-likeness (QED) is 0.659. The molecule has 0 radical (unpaired) electrons.